The predicted molar refractivity (Wildman–Crippen MR) is 131 cm³/mol. The van der Waals surface area contributed by atoms with Crippen LogP contribution in [0.15, 0.2) is 23.1 Å². The zero-order chi connectivity index (χ0) is 25.4. The lowest BCUT2D eigenvalue weighted by molar-refractivity contribution is -0.114. The Kier molecular flexibility index (Phi) is 10.2. The molecule has 2 aliphatic rings. The van der Waals surface area contributed by atoms with E-state index in [2.05, 4.69) is 0 Å². The predicted octanol–water partition coefficient (Wildman–Crippen LogP) is 3.47. The van der Waals surface area contributed by atoms with Gasteiger partial charge in [0.2, 0.25) is 10.0 Å². The van der Waals surface area contributed by atoms with Gasteiger partial charge in [-0.2, -0.15) is 4.31 Å². The van der Waals surface area contributed by atoms with E-state index in [1.165, 1.54) is 21.3 Å². The van der Waals surface area contributed by atoms with Crippen molar-refractivity contribution in [1.82, 2.24) is 4.31 Å². The number of nitrogens with zero attached hydrogens (tertiary/aromatic N) is 2. The number of aliphatic hydroxyl groups excluding tert-OH is 1. The Morgan fingerprint density at radius 3 is 2.49 bits per heavy atom. The van der Waals surface area contributed by atoms with Crippen LogP contribution in [0.2, 0.25) is 0 Å². The quantitative estimate of drug-likeness (QED) is 0.285. The molecule has 2 aliphatic heterocycles. The minimum absolute atomic E-state index is 0.0281. The molecule has 35 heavy (non-hydrogen) atoms. The van der Waals surface area contributed by atoms with E-state index >= 15 is 0 Å². The van der Waals surface area contributed by atoms with Crippen molar-refractivity contribution in [2.45, 2.75) is 81.3 Å². The van der Waals surface area contributed by atoms with Crippen LogP contribution in [-0.2, 0) is 19.6 Å². The van der Waals surface area contributed by atoms with Crippen molar-refractivity contribution in [2.75, 3.05) is 38.3 Å². The first kappa shape index (κ1) is 27.7. The van der Waals surface area contributed by atoms with Crippen LogP contribution in [0.3, 0.4) is 0 Å². The second kappa shape index (κ2) is 12.9. The number of hydrogen-bond donors (Lipinski definition) is 1. The van der Waals surface area contributed by atoms with E-state index in [0.29, 0.717) is 31.8 Å². The van der Waals surface area contributed by atoms with Gasteiger partial charge in [0.05, 0.1) is 29.4 Å². The number of ketones is 1. The van der Waals surface area contributed by atoms with Crippen molar-refractivity contribution in [3.05, 3.63) is 23.8 Å². The molecule has 1 unspecified atom stereocenters. The number of sulfonamides is 1. The standard InChI is InChI=1S/C25H37FN2O6S/c1-34-18-20-11-9-15-28(20)35(32,33)21-12-13-23-22(16-21)24(30)25(31)27(23)14-8-6-4-2-3-5-7-10-19(26)17-29/h12-13,16,19-20,29H,2-11,14-15,17-18H2,1H3/t19?,20-/m0/s1. The van der Waals surface area contributed by atoms with Crippen LogP contribution in [-0.4, -0.2) is 75.1 Å². The Labute approximate surface area is 207 Å². The van der Waals surface area contributed by atoms with Crippen LogP contribution in [0.25, 0.3) is 0 Å². The smallest absolute Gasteiger partial charge is 0.299 e. The Morgan fingerprint density at radius 1 is 1.11 bits per heavy atom. The van der Waals surface area contributed by atoms with Gasteiger partial charge >= 0.3 is 0 Å². The van der Waals surface area contributed by atoms with E-state index in [1.807, 2.05) is 0 Å². The Balaban J connectivity index is 1.53. The van der Waals surface area contributed by atoms with Gasteiger partial charge in [-0.25, -0.2) is 12.8 Å². The number of methoxy groups -OCH3 is 1. The number of benzene rings is 1. The number of rotatable bonds is 15. The summed E-state index contributed by atoms with van der Waals surface area (Å²) < 4.78 is 46.0. The van der Waals surface area contributed by atoms with Gasteiger partial charge < -0.3 is 14.7 Å². The largest absolute Gasteiger partial charge is 0.393 e. The second-order valence-corrected chi connectivity index (χ2v) is 11.3. The van der Waals surface area contributed by atoms with Crippen molar-refractivity contribution in [3.63, 3.8) is 0 Å². The maximum absolute atomic E-state index is 13.2. The Hall–Kier alpha value is -1.88. The number of unbranched alkanes of at least 4 members (excludes halogenated alkanes) is 6. The zero-order valence-corrected chi connectivity index (χ0v) is 21.3. The minimum Gasteiger partial charge on any atom is -0.393 e. The molecule has 3 rings (SSSR count). The topological polar surface area (TPSA) is 104 Å². The van der Waals surface area contributed by atoms with E-state index in [9.17, 15) is 22.4 Å². The van der Waals surface area contributed by atoms with Crippen molar-refractivity contribution in [2.24, 2.45) is 0 Å². The summed E-state index contributed by atoms with van der Waals surface area (Å²) in [6.07, 6.45) is 7.10. The fraction of sp³-hybridized carbons (Fsp3) is 0.680. The molecule has 0 bridgehead atoms. The fourth-order valence-electron chi connectivity index (χ4n) is 4.89. The number of carbonyl (C=O) groups excluding carboxylic acids is 2. The van der Waals surface area contributed by atoms with Gasteiger partial charge in [-0.05, 0) is 43.9 Å². The molecule has 196 valence electrons. The van der Waals surface area contributed by atoms with Crippen LogP contribution in [0.4, 0.5) is 10.1 Å². The number of ether oxygens (including phenoxy) is 1. The van der Waals surface area contributed by atoms with E-state index < -0.39 is 34.5 Å². The molecule has 2 atom stereocenters. The molecular weight excluding hydrogens is 475 g/mol. The summed E-state index contributed by atoms with van der Waals surface area (Å²) in [6.45, 7) is 0.722. The molecule has 0 spiro atoms. The third-order valence-electron chi connectivity index (χ3n) is 6.83. The Morgan fingerprint density at radius 2 is 1.80 bits per heavy atom. The third kappa shape index (κ3) is 6.67. The molecule has 1 fully saturated rings. The number of amides is 1. The average molecular weight is 513 g/mol. The lowest BCUT2D eigenvalue weighted by Crippen LogP contribution is -2.38. The highest BCUT2D eigenvalue weighted by Crippen LogP contribution is 2.34. The number of halogens is 1. The highest BCUT2D eigenvalue weighted by Gasteiger charge is 2.39. The first-order valence-corrected chi connectivity index (χ1v) is 14.0. The summed E-state index contributed by atoms with van der Waals surface area (Å²) >= 11 is 0. The van der Waals surface area contributed by atoms with Crippen LogP contribution in [0, 0.1) is 0 Å². The molecule has 1 aromatic carbocycles. The number of alkyl halides is 1. The van der Waals surface area contributed by atoms with Gasteiger partial charge in [0.25, 0.3) is 11.7 Å². The molecule has 0 aliphatic carbocycles. The monoisotopic (exact) mass is 512 g/mol. The first-order chi connectivity index (χ1) is 16.8. The average Bonchev–Trinajstić information content (AvgIpc) is 3.41. The highest BCUT2D eigenvalue weighted by molar-refractivity contribution is 7.89. The van der Waals surface area contributed by atoms with Crippen LogP contribution < -0.4 is 4.90 Å². The molecule has 0 radical (unpaired) electrons. The Bertz CT molecular complexity index is 986. The molecule has 1 saturated heterocycles. The van der Waals surface area contributed by atoms with Crippen LogP contribution in [0.5, 0.6) is 0 Å². The summed E-state index contributed by atoms with van der Waals surface area (Å²) in [7, 11) is -2.25. The van der Waals surface area contributed by atoms with Gasteiger partial charge in [-0.1, -0.05) is 38.5 Å². The number of Topliss-reactive ketones (excluding diaryl/α,β-unsaturated/α-hetero) is 1. The highest BCUT2D eigenvalue weighted by atomic mass is 32.2. The molecule has 2 heterocycles. The van der Waals surface area contributed by atoms with Crippen molar-refractivity contribution in [1.29, 1.82) is 0 Å². The molecular formula is C25H37FN2O6S. The zero-order valence-electron chi connectivity index (χ0n) is 20.5. The summed E-state index contributed by atoms with van der Waals surface area (Å²) in [5.41, 5.74) is 0.617. The molecule has 1 amide bonds. The fourth-order valence-corrected chi connectivity index (χ4v) is 6.60. The van der Waals surface area contributed by atoms with E-state index in [-0.39, 0.29) is 16.5 Å². The van der Waals surface area contributed by atoms with E-state index in [4.69, 9.17) is 9.84 Å². The van der Waals surface area contributed by atoms with Crippen molar-refractivity contribution in [3.8, 4) is 0 Å². The molecule has 8 nitrogen and oxygen atoms in total. The molecule has 10 heteroatoms. The summed E-state index contributed by atoms with van der Waals surface area (Å²) in [5, 5.41) is 8.69. The SMILES string of the molecule is COC[C@@H]1CCCN1S(=O)(=O)c1ccc2c(c1)C(=O)C(=O)N2CCCCCCCCCC(F)CO. The van der Waals surface area contributed by atoms with Crippen LogP contribution in [0.1, 0.15) is 74.6 Å². The van der Waals surface area contributed by atoms with Gasteiger partial charge in [0, 0.05) is 26.2 Å². The number of hydrogen-bond acceptors (Lipinski definition) is 6. The molecule has 1 N–H and O–H groups in total. The second-order valence-electron chi connectivity index (χ2n) is 9.38. The molecule has 0 saturated carbocycles. The van der Waals surface area contributed by atoms with Crippen molar-refractivity contribution < 1.29 is 32.2 Å². The maximum atomic E-state index is 13.2. The number of carbonyl (C=O) groups is 2. The number of aliphatic hydroxyl groups is 1. The summed E-state index contributed by atoms with van der Waals surface area (Å²) in [5.74, 6) is -1.28. The minimum atomic E-state index is -3.79. The van der Waals surface area contributed by atoms with Gasteiger partial charge in [0.15, 0.2) is 0 Å². The van der Waals surface area contributed by atoms with Crippen molar-refractivity contribution >= 4 is 27.4 Å². The normalized spacial score (nSPS) is 19.5. The van der Waals surface area contributed by atoms with Gasteiger partial charge in [0.1, 0.15) is 6.17 Å². The van der Waals surface area contributed by atoms with Gasteiger partial charge in [-0.3, -0.25) is 9.59 Å². The summed E-state index contributed by atoms with van der Waals surface area (Å²) in [6, 6.07) is 4.16. The number of anilines is 1. The van der Waals surface area contributed by atoms with Gasteiger partial charge in [-0.15, -0.1) is 0 Å². The molecule has 0 aromatic heterocycles. The van der Waals surface area contributed by atoms with E-state index in [1.54, 1.807) is 13.2 Å². The first-order valence-electron chi connectivity index (χ1n) is 12.6. The van der Waals surface area contributed by atoms with E-state index in [0.717, 1.165) is 57.8 Å². The molecule has 1 aromatic rings. The maximum Gasteiger partial charge on any atom is 0.299 e. The summed E-state index contributed by atoms with van der Waals surface area (Å²) in [4.78, 5) is 26.7. The number of fused-ring (bicyclic) bond motifs is 1. The van der Waals surface area contributed by atoms with Crippen LogP contribution >= 0.6 is 0 Å². The lowest BCUT2D eigenvalue weighted by atomic mass is 10.1. The third-order valence-corrected chi connectivity index (χ3v) is 8.78. The lowest BCUT2D eigenvalue weighted by Gasteiger charge is -2.24.